The molecule has 1 spiro atoms. The van der Waals surface area contributed by atoms with Crippen LogP contribution < -0.4 is 0 Å². The maximum absolute atomic E-state index is 9.30. The first-order valence-corrected chi connectivity index (χ1v) is 3.60. The average Bonchev–Trinajstić information content (AvgIpc) is 2.42. The normalized spacial score (nSPS) is 40.0. The summed E-state index contributed by atoms with van der Waals surface area (Å²) in [5.74, 6) is 0. The van der Waals surface area contributed by atoms with Gasteiger partial charge in [0.25, 0.3) is 0 Å². The number of hydrogen-bond donors (Lipinski definition) is 1. The summed E-state index contributed by atoms with van der Waals surface area (Å²) in [6.45, 7) is 1.12. The van der Waals surface area contributed by atoms with Crippen LogP contribution in [0, 0.1) is 5.41 Å². The molecule has 0 aromatic heterocycles. The van der Waals surface area contributed by atoms with Gasteiger partial charge in [-0.1, -0.05) is 0 Å². The van der Waals surface area contributed by atoms with Crippen LogP contribution >= 0.6 is 0 Å². The van der Waals surface area contributed by atoms with Crippen LogP contribution in [0.25, 0.3) is 0 Å². The van der Waals surface area contributed by atoms with E-state index in [9.17, 15) is 5.11 Å². The maximum Gasteiger partial charge on any atom is 0.107 e. The van der Waals surface area contributed by atoms with Gasteiger partial charge in [-0.2, -0.15) is 0 Å². The van der Waals surface area contributed by atoms with Crippen molar-refractivity contribution in [2.45, 2.75) is 25.5 Å². The molecular formula is C7H13NO. The predicted molar refractivity (Wildman–Crippen MR) is 34.9 cm³/mol. The largest absolute Gasteiger partial charge is 0.378 e. The van der Waals surface area contributed by atoms with Crippen LogP contribution in [0.5, 0.6) is 0 Å². The molecule has 0 unspecified atom stereocenters. The van der Waals surface area contributed by atoms with Crippen molar-refractivity contribution in [3.8, 4) is 0 Å². The van der Waals surface area contributed by atoms with Crippen molar-refractivity contribution in [3.63, 3.8) is 0 Å². The van der Waals surface area contributed by atoms with Gasteiger partial charge in [0.05, 0.1) is 0 Å². The lowest BCUT2D eigenvalue weighted by molar-refractivity contribution is 0.0570. The molecular weight excluding hydrogens is 114 g/mol. The second kappa shape index (κ2) is 1.50. The van der Waals surface area contributed by atoms with Crippen molar-refractivity contribution in [1.29, 1.82) is 0 Å². The van der Waals surface area contributed by atoms with Gasteiger partial charge >= 0.3 is 0 Å². The summed E-state index contributed by atoms with van der Waals surface area (Å²) in [4.78, 5) is 2.05. The van der Waals surface area contributed by atoms with Gasteiger partial charge in [-0.05, 0) is 31.7 Å². The molecule has 0 aromatic carbocycles. The molecule has 1 heterocycles. The highest BCUT2D eigenvalue weighted by Gasteiger charge is 2.50. The van der Waals surface area contributed by atoms with Crippen molar-refractivity contribution in [3.05, 3.63) is 0 Å². The number of likely N-dealkylation sites (tertiary alicyclic amines) is 1. The summed E-state index contributed by atoms with van der Waals surface area (Å²) in [6.07, 6.45) is 3.55. The van der Waals surface area contributed by atoms with Gasteiger partial charge in [-0.15, -0.1) is 0 Å². The lowest BCUT2D eigenvalue weighted by atomic mass is 10.1. The molecule has 2 nitrogen and oxygen atoms in total. The van der Waals surface area contributed by atoms with Crippen LogP contribution in [0.2, 0.25) is 0 Å². The number of aliphatic hydroxyl groups excluding tert-OH is 1. The lowest BCUT2D eigenvalue weighted by Gasteiger charge is -2.11. The molecule has 2 aliphatic rings. The van der Waals surface area contributed by atoms with Gasteiger partial charge in [0.2, 0.25) is 0 Å². The summed E-state index contributed by atoms with van der Waals surface area (Å²) in [7, 11) is 2.00. The predicted octanol–water partition coefficient (Wildman–Crippen LogP) is 0.420. The van der Waals surface area contributed by atoms with Crippen molar-refractivity contribution in [2.75, 3.05) is 13.6 Å². The third-order valence-electron chi connectivity index (χ3n) is 2.67. The molecule has 1 N–H and O–H groups in total. The van der Waals surface area contributed by atoms with Crippen LogP contribution in [0.1, 0.15) is 19.3 Å². The van der Waals surface area contributed by atoms with Crippen LogP contribution in [0.4, 0.5) is 0 Å². The minimum Gasteiger partial charge on any atom is -0.378 e. The first kappa shape index (κ1) is 5.69. The molecule has 1 aliphatic carbocycles. The summed E-state index contributed by atoms with van der Waals surface area (Å²) in [5, 5.41) is 9.30. The molecule has 2 heteroatoms. The zero-order chi connectivity index (χ0) is 6.48. The molecule has 2 fully saturated rings. The number of hydrogen-bond acceptors (Lipinski definition) is 2. The van der Waals surface area contributed by atoms with Crippen LogP contribution in [-0.4, -0.2) is 29.8 Å². The minimum atomic E-state index is -0.146. The molecule has 0 amide bonds. The fourth-order valence-corrected chi connectivity index (χ4v) is 1.78. The Kier molecular flexibility index (Phi) is 0.945. The molecule has 1 saturated heterocycles. The standard InChI is InChI=1S/C7H13NO/c1-8-5-7(2-3-7)4-6(8)9/h6,9H,2-5H2,1H3/t6-/m1/s1. The number of rotatable bonds is 0. The Labute approximate surface area is 55.5 Å². The van der Waals surface area contributed by atoms with E-state index >= 15 is 0 Å². The molecule has 0 bridgehead atoms. The van der Waals surface area contributed by atoms with Crippen LogP contribution in [-0.2, 0) is 0 Å². The van der Waals surface area contributed by atoms with E-state index in [1.165, 1.54) is 12.8 Å². The maximum atomic E-state index is 9.30. The minimum absolute atomic E-state index is 0.146. The van der Waals surface area contributed by atoms with Gasteiger partial charge in [0, 0.05) is 6.54 Å². The quantitative estimate of drug-likeness (QED) is 0.510. The molecule has 1 aliphatic heterocycles. The zero-order valence-corrected chi connectivity index (χ0v) is 5.80. The highest BCUT2D eigenvalue weighted by atomic mass is 16.3. The first-order chi connectivity index (χ1) is 4.22. The lowest BCUT2D eigenvalue weighted by Crippen LogP contribution is -2.23. The summed E-state index contributed by atoms with van der Waals surface area (Å²) in [5.41, 5.74) is 0.564. The van der Waals surface area contributed by atoms with E-state index in [1.54, 1.807) is 0 Å². The van der Waals surface area contributed by atoms with Gasteiger partial charge in [0.1, 0.15) is 6.23 Å². The Balaban J connectivity index is 2.06. The smallest absolute Gasteiger partial charge is 0.107 e. The van der Waals surface area contributed by atoms with Crippen molar-refractivity contribution in [1.82, 2.24) is 4.90 Å². The van der Waals surface area contributed by atoms with Crippen molar-refractivity contribution < 1.29 is 5.11 Å². The first-order valence-electron chi connectivity index (χ1n) is 3.60. The fraction of sp³-hybridized carbons (Fsp3) is 1.00. The highest BCUT2D eigenvalue weighted by Crippen LogP contribution is 2.53. The number of aliphatic hydroxyl groups is 1. The van der Waals surface area contributed by atoms with Gasteiger partial charge in [-0.3, -0.25) is 4.90 Å². The fourth-order valence-electron chi connectivity index (χ4n) is 1.78. The van der Waals surface area contributed by atoms with Gasteiger partial charge in [0.15, 0.2) is 0 Å². The molecule has 1 atom stereocenters. The third kappa shape index (κ3) is 0.775. The van der Waals surface area contributed by atoms with Crippen LogP contribution in [0.3, 0.4) is 0 Å². The van der Waals surface area contributed by atoms with Gasteiger partial charge < -0.3 is 5.11 Å². The average molecular weight is 127 g/mol. The molecule has 2 rings (SSSR count). The zero-order valence-electron chi connectivity index (χ0n) is 5.80. The molecule has 0 radical (unpaired) electrons. The van der Waals surface area contributed by atoms with E-state index in [1.807, 2.05) is 11.9 Å². The van der Waals surface area contributed by atoms with Crippen molar-refractivity contribution in [2.24, 2.45) is 5.41 Å². The number of nitrogens with zero attached hydrogens (tertiary/aromatic N) is 1. The summed E-state index contributed by atoms with van der Waals surface area (Å²) < 4.78 is 0. The Hall–Kier alpha value is -0.0800. The van der Waals surface area contributed by atoms with E-state index in [0.29, 0.717) is 5.41 Å². The third-order valence-corrected chi connectivity index (χ3v) is 2.67. The van der Waals surface area contributed by atoms with E-state index in [4.69, 9.17) is 0 Å². The molecule has 0 aromatic rings. The van der Waals surface area contributed by atoms with Crippen LogP contribution in [0.15, 0.2) is 0 Å². The second-order valence-electron chi connectivity index (χ2n) is 3.60. The van der Waals surface area contributed by atoms with Crippen molar-refractivity contribution >= 4 is 0 Å². The Morgan fingerprint density at radius 1 is 1.56 bits per heavy atom. The Morgan fingerprint density at radius 3 is 2.44 bits per heavy atom. The van der Waals surface area contributed by atoms with Gasteiger partial charge in [-0.25, -0.2) is 0 Å². The summed E-state index contributed by atoms with van der Waals surface area (Å²) in [6, 6.07) is 0. The molecule has 1 saturated carbocycles. The van der Waals surface area contributed by atoms with E-state index in [0.717, 1.165) is 13.0 Å². The topological polar surface area (TPSA) is 23.5 Å². The second-order valence-corrected chi connectivity index (χ2v) is 3.60. The Bertz CT molecular complexity index is 119. The monoisotopic (exact) mass is 127 g/mol. The summed E-state index contributed by atoms with van der Waals surface area (Å²) >= 11 is 0. The molecule has 52 valence electrons. The van der Waals surface area contributed by atoms with E-state index < -0.39 is 0 Å². The SMILES string of the molecule is CN1CC2(CC2)C[C@H]1O. The van der Waals surface area contributed by atoms with E-state index in [-0.39, 0.29) is 6.23 Å². The highest BCUT2D eigenvalue weighted by molar-refractivity contribution is 5.00. The Morgan fingerprint density at radius 2 is 2.22 bits per heavy atom. The van der Waals surface area contributed by atoms with E-state index in [2.05, 4.69) is 0 Å². The molecule has 9 heavy (non-hydrogen) atoms.